The number of nitrogens with one attached hydrogen (secondary N) is 1. The van der Waals surface area contributed by atoms with Gasteiger partial charge in [0.2, 0.25) is 10.0 Å². The lowest BCUT2D eigenvalue weighted by Crippen LogP contribution is -2.36. The molecule has 0 radical (unpaired) electrons. The third kappa shape index (κ3) is 6.30. The number of likely N-dealkylation sites (N-methyl/N-ethyl adjacent to an activating group) is 1. The topological polar surface area (TPSA) is 75.7 Å². The normalized spacial score (nSPS) is 15.1. The van der Waals surface area contributed by atoms with Crippen LogP contribution in [0.4, 0.5) is 0 Å². The molecule has 2 aromatic carbocycles. The van der Waals surface area contributed by atoms with E-state index in [1.807, 2.05) is 30.3 Å². The fraction of sp³-hybridized carbons (Fsp3) is 0.409. The van der Waals surface area contributed by atoms with Gasteiger partial charge in [0, 0.05) is 19.6 Å². The van der Waals surface area contributed by atoms with Crippen molar-refractivity contribution in [3.05, 3.63) is 60.2 Å². The lowest BCUT2D eigenvalue weighted by molar-refractivity contribution is -0.132. The van der Waals surface area contributed by atoms with Crippen molar-refractivity contribution in [1.82, 2.24) is 9.62 Å². The van der Waals surface area contributed by atoms with E-state index in [0.29, 0.717) is 12.3 Å². The fourth-order valence-electron chi connectivity index (χ4n) is 3.42. The highest BCUT2D eigenvalue weighted by atomic mass is 32.2. The molecule has 0 unspecified atom stereocenters. The summed E-state index contributed by atoms with van der Waals surface area (Å²) in [5.41, 5.74) is 1.04. The highest BCUT2D eigenvalue weighted by molar-refractivity contribution is 7.89. The van der Waals surface area contributed by atoms with Crippen LogP contribution in [0.3, 0.4) is 0 Å². The van der Waals surface area contributed by atoms with Gasteiger partial charge in [0.25, 0.3) is 5.91 Å². The molecule has 1 saturated carbocycles. The Labute approximate surface area is 172 Å². The Balaban J connectivity index is 1.51. The zero-order valence-electron chi connectivity index (χ0n) is 16.7. The molecule has 0 atom stereocenters. The van der Waals surface area contributed by atoms with Crippen LogP contribution in [0, 0.1) is 0 Å². The Bertz CT molecular complexity index is 892. The first-order valence-corrected chi connectivity index (χ1v) is 11.5. The van der Waals surface area contributed by atoms with E-state index >= 15 is 0 Å². The third-order valence-corrected chi connectivity index (χ3v) is 6.65. The monoisotopic (exact) mass is 416 g/mol. The summed E-state index contributed by atoms with van der Waals surface area (Å²) in [6.45, 7) is 0.406. The molecule has 0 heterocycles. The molecule has 0 spiro atoms. The van der Waals surface area contributed by atoms with E-state index in [2.05, 4.69) is 4.72 Å². The van der Waals surface area contributed by atoms with Gasteiger partial charge >= 0.3 is 0 Å². The van der Waals surface area contributed by atoms with E-state index in [9.17, 15) is 13.2 Å². The van der Waals surface area contributed by atoms with Gasteiger partial charge in [-0.3, -0.25) is 4.79 Å². The predicted octanol–water partition coefficient (Wildman–Crippen LogP) is 3.34. The standard InChI is InChI=1S/C22H28N2O4S/c1-24(16-18-8-4-2-5-9-18)22(25)17-28-20-12-14-21(15-13-20)29(26,27)23-19-10-6-3-7-11-19/h2,4-5,8-9,12-15,19,23H,3,6-7,10-11,16-17H2,1H3. The minimum absolute atomic E-state index is 0.0162. The Hall–Kier alpha value is -2.38. The molecular weight excluding hydrogens is 388 g/mol. The highest BCUT2D eigenvalue weighted by Gasteiger charge is 2.21. The van der Waals surface area contributed by atoms with Crippen molar-refractivity contribution in [3.63, 3.8) is 0 Å². The van der Waals surface area contributed by atoms with Crippen molar-refractivity contribution in [3.8, 4) is 5.75 Å². The van der Waals surface area contributed by atoms with Crippen molar-refractivity contribution in [2.45, 2.75) is 49.6 Å². The predicted molar refractivity (Wildman–Crippen MR) is 112 cm³/mol. The summed E-state index contributed by atoms with van der Waals surface area (Å²) in [5, 5.41) is 0. The first-order valence-electron chi connectivity index (χ1n) is 9.97. The third-order valence-electron chi connectivity index (χ3n) is 5.11. The van der Waals surface area contributed by atoms with Crippen molar-refractivity contribution in [2.24, 2.45) is 0 Å². The number of benzene rings is 2. The van der Waals surface area contributed by atoms with Gasteiger partial charge in [-0.15, -0.1) is 0 Å². The maximum absolute atomic E-state index is 12.5. The summed E-state index contributed by atoms with van der Waals surface area (Å²) < 4.78 is 33.4. The fourth-order valence-corrected chi connectivity index (χ4v) is 4.73. The van der Waals surface area contributed by atoms with Crippen LogP contribution < -0.4 is 9.46 Å². The smallest absolute Gasteiger partial charge is 0.260 e. The number of amides is 1. The van der Waals surface area contributed by atoms with Crippen LogP contribution in [0.15, 0.2) is 59.5 Å². The second kappa shape index (κ2) is 9.89. The minimum Gasteiger partial charge on any atom is -0.484 e. The van der Waals surface area contributed by atoms with Crippen molar-refractivity contribution in [1.29, 1.82) is 0 Å². The molecule has 0 aliphatic heterocycles. The zero-order valence-corrected chi connectivity index (χ0v) is 17.5. The zero-order chi connectivity index (χ0) is 20.7. The second-order valence-electron chi connectivity index (χ2n) is 7.45. The van der Waals surface area contributed by atoms with Crippen LogP contribution in [0.25, 0.3) is 0 Å². The van der Waals surface area contributed by atoms with E-state index < -0.39 is 10.0 Å². The number of hydrogen-bond donors (Lipinski definition) is 1. The Morgan fingerprint density at radius 2 is 1.69 bits per heavy atom. The van der Waals surface area contributed by atoms with Crippen LogP contribution in [0.2, 0.25) is 0 Å². The van der Waals surface area contributed by atoms with Crippen LogP contribution >= 0.6 is 0 Å². The Morgan fingerprint density at radius 1 is 1.03 bits per heavy atom. The summed E-state index contributed by atoms with van der Waals surface area (Å²) in [4.78, 5) is 14.1. The molecular formula is C22H28N2O4S. The summed E-state index contributed by atoms with van der Waals surface area (Å²) in [6.07, 6.45) is 5.07. The number of ether oxygens (including phenoxy) is 1. The van der Waals surface area contributed by atoms with Crippen LogP contribution in [-0.2, 0) is 21.4 Å². The molecule has 6 nitrogen and oxygen atoms in total. The van der Waals surface area contributed by atoms with Gasteiger partial charge in [-0.1, -0.05) is 49.6 Å². The van der Waals surface area contributed by atoms with Crippen molar-refractivity contribution >= 4 is 15.9 Å². The maximum atomic E-state index is 12.5. The van der Waals surface area contributed by atoms with Gasteiger partial charge in [0.05, 0.1) is 4.90 Å². The largest absolute Gasteiger partial charge is 0.484 e. The molecule has 3 rings (SSSR count). The molecule has 7 heteroatoms. The van der Waals surface area contributed by atoms with E-state index in [1.54, 1.807) is 24.1 Å². The number of carbonyl (C=O) groups is 1. The van der Waals surface area contributed by atoms with Crippen molar-refractivity contribution in [2.75, 3.05) is 13.7 Å². The maximum Gasteiger partial charge on any atom is 0.260 e. The summed E-state index contributed by atoms with van der Waals surface area (Å²) in [7, 11) is -1.81. The van der Waals surface area contributed by atoms with Gasteiger partial charge in [-0.25, -0.2) is 13.1 Å². The van der Waals surface area contributed by atoms with E-state index in [4.69, 9.17) is 4.74 Å². The molecule has 2 aromatic rings. The molecule has 1 aliphatic rings. The summed E-state index contributed by atoms with van der Waals surface area (Å²) in [5.74, 6) is 0.313. The summed E-state index contributed by atoms with van der Waals surface area (Å²) >= 11 is 0. The number of sulfonamides is 1. The minimum atomic E-state index is -3.54. The SMILES string of the molecule is CN(Cc1ccccc1)C(=O)COc1ccc(S(=O)(=O)NC2CCCCC2)cc1. The molecule has 0 bridgehead atoms. The number of carbonyl (C=O) groups excluding carboxylic acids is 1. The first-order chi connectivity index (χ1) is 13.9. The van der Waals surface area contributed by atoms with Crippen LogP contribution in [-0.4, -0.2) is 38.9 Å². The average molecular weight is 417 g/mol. The van der Waals surface area contributed by atoms with E-state index in [0.717, 1.165) is 31.2 Å². The number of rotatable bonds is 8. The number of hydrogen-bond acceptors (Lipinski definition) is 4. The van der Waals surface area contributed by atoms with Crippen molar-refractivity contribution < 1.29 is 17.9 Å². The van der Waals surface area contributed by atoms with Crippen LogP contribution in [0.5, 0.6) is 5.75 Å². The Kier molecular flexibility index (Phi) is 7.28. The van der Waals surface area contributed by atoms with Gasteiger partial charge in [-0.05, 0) is 42.7 Å². The number of nitrogens with zero attached hydrogens (tertiary/aromatic N) is 1. The quantitative estimate of drug-likeness (QED) is 0.716. The lowest BCUT2D eigenvalue weighted by atomic mass is 9.96. The first kappa shape index (κ1) is 21.3. The molecule has 1 amide bonds. The van der Waals surface area contributed by atoms with Gasteiger partial charge < -0.3 is 9.64 Å². The van der Waals surface area contributed by atoms with E-state index in [1.165, 1.54) is 18.6 Å². The molecule has 0 aromatic heterocycles. The molecule has 1 fully saturated rings. The average Bonchev–Trinajstić information content (AvgIpc) is 2.73. The highest BCUT2D eigenvalue weighted by Crippen LogP contribution is 2.21. The van der Waals surface area contributed by atoms with Gasteiger partial charge in [0.15, 0.2) is 6.61 Å². The van der Waals surface area contributed by atoms with Gasteiger partial charge in [-0.2, -0.15) is 0 Å². The molecule has 1 N–H and O–H groups in total. The second-order valence-corrected chi connectivity index (χ2v) is 9.17. The van der Waals surface area contributed by atoms with Gasteiger partial charge in [0.1, 0.15) is 5.75 Å². The lowest BCUT2D eigenvalue weighted by Gasteiger charge is -2.22. The molecule has 156 valence electrons. The molecule has 29 heavy (non-hydrogen) atoms. The van der Waals surface area contributed by atoms with E-state index in [-0.39, 0.29) is 23.5 Å². The van der Waals surface area contributed by atoms with Crippen LogP contribution in [0.1, 0.15) is 37.7 Å². The Morgan fingerprint density at radius 3 is 2.34 bits per heavy atom. The molecule has 0 saturated heterocycles. The summed E-state index contributed by atoms with van der Waals surface area (Å²) in [6, 6.07) is 15.9. The molecule has 1 aliphatic carbocycles.